The van der Waals surface area contributed by atoms with Crippen molar-refractivity contribution in [3.05, 3.63) is 65.7 Å². The van der Waals surface area contributed by atoms with Crippen molar-refractivity contribution in [2.75, 3.05) is 18.4 Å². The van der Waals surface area contributed by atoms with Gasteiger partial charge in [-0.15, -0.1) is 0 Å². The van der Waals surface area contributed by atoms with Gasteiger partial charge in [0, 0.05) is 11.6 Å². The number of amides is 1. The van der Waals surface area contributed by atoms with Gasteiger partial charge in [-0.05, 0) is 25.1 Å². The van der Waals surface area contributed by atoms with Crippen LogP contribution in [0.5, 0.6) is 0 Å². The molecule has 0 saturated carbocycles. The zero-order valence-corrected chi connectivity index (χ0v) is 16.0. The molecule has 0 aliphatic heterocycles. The maximum Gasteiger partial charge on any atom is 0.239 e. The maximum atomic E-state index is 12.3. The molecule has 1 aromatic heterocycles. The summed E-state index contributed by atoms with van der Waals surface area (Å²) in [5.74, 6) is 0.475. The Morgan fingerprint density at radius 3 is 2.59 bits per heavy atom. The molecule has 0 atom stereocenters. The van der Waals surface area contributed by atoms with Crippen molar-refractivity contribution in [3.8, 4) is 16.9 Å². The van der Waals surface area contributed by atoms with Gasteiger partial charge in [0.2, 0.25) is 5.91 Å². The van der Waals surface area contributed by atoms with Gasteiger partial charge in [0.05, 0.1) is 22.9 Å². The van der Waals surface area contributed by atoms with Crippen molar-refractivity contribution in [2.45, 2.75) is 19.8 Å². The fourth-order valence-electron chi connectivity index (χ4n) is 2.72. The lowest BCUT2D eigenvalue weighted by atomic mass is 10.2. The van der Waals surface area contributed by atoms with Crippen LogP contribution in [-0.4, -0.2) is 28.8 Å². The highest BCUT2D eigenvalue weighted by molar-refractivity contribution is 6.32. The number of nitrogens with one attached hydrogen (secondary N) is 2. The number of carbonyl (C=O) groups excluding carboxylic acids is 1. The van der Waals surface area contributed by atoms with Gasteiger partial charge >= 0.3 is 0 Å². The molecular formula is C21H23ClN4O. The summed E-state index contributed by atoms with van der Waals surface area (Å²) < 4.78 is 1.68. The second-order valence-electron chi connectivity index (χ2n) is 6.22. The standard InChI is InChI=1S/C21H23ClN4O/c1-2-3-13-23-15-21(27)24-20-14-18(16-9-5-4-6-10-16)25-26(20)19-12-8-7-11-17(19)22/h4-12,14,23H,2-3,13,15H2,1H3,(H,24,27). The van der Waals surface area contributed by atoms with Crippen molar-refractivity contribution in [1.29, 1.82) is 0 Å². The van der Waals surface area contributed by atoms with E-state index >= 15 is 0 Å². The number of hydrogen-bond acceptors (Lipinski definition) is 3. The summed E-state index contributed by atoms with van der Waals surface area (Å²) in [4.78, 5) is 12.3. The van der Waals surface area contributed by atoms with Crippen LogP contribution in [0.4, 0.5) is 5.82 Å². The molecule has 0 aliphatic rings. The molecule has 1 heterocycles. The Balaban J connectivity index is 1.88. The predicted molar refractivity (Wildman–Crippen MR) is 110 cm³/mol. The van der Waals surface area contributed by atoms with Gasteiger partial charge in [0.1, 0.15) is 5.82 Å². The molecule has 2 aromatic carbocycles. The summed E-state index contributed by atoms with van der Waals surface area (Å²) in [7, 11) is 0. The summed E-state index contributed by atoms with van der Waals surface area (Å²) in [6.07, 6.45) is 2.14. The molecule has 3 rings (SSSR count). The van der Waals surface area contributed by atoms with E-state index < -0.39 is 0 Å². The average Bonchev–Trinajstić information content (AvgIpc) is 3.10. The lowest BCUT2D eigenvalue weighted by Crippen LogP contribution is -2.29. The van der Waals surface area contributed by atoms with Gasteiger partial charge in [-0.1, -0.05) is 67.4 Å². The van der Waals surface area contributed by atoms with Gasteiger partial charge in [0.15, 0.2) is 0 Å². The SMILES string of the molecule is CCCCNCC(=O)Nc1cc(-c2ccccc2)nn1-c1ccccc1Cl. The van der Waals surface area contributed by atoms with E-state index in [1.165, 1.54) is 0 Å². The molecule has 0 radical (unpaired) electrons. The van der Waals surface area contributed by atoms with Gasteiger partial charge < -0.3 is 10.6 Å². The highest BCUT2D eigenvalue weighted by atomic mass is 35.5. The van der Waals surface area contributed by atoms with Crippen LogP contribution >= 0.6 is 11.6 Å². The summed E-state index contributed by atoms with van der Waals surface area (Å²) in [5, 5.41) is 11.3. The quantitative estimate of drug-likeness (QED) is 0.563. The lowest BCUT2D eigenvalue weighted by Gasteiger charge is -2.10. The average molecular weight is 383 g/mol. The number of anilines is 1. The topological polar surface area (TPSA) is 59.0 Å². The van der Waals surface area contributed by atoms with Crippen LogP contribution in [-0.2, 0) is 4.79 Å². The predicted octanol–water partition coefficient (Wildman–Crippen LogP) is 4.52. The summed E-state index contributed by atoms with van der Waals surface area (Å²) in [5.41, 5.74) is 2.46. The van der Waals surface area contributed by atoms with Gasteiger partial charge in [0.25, 0.3) is 0 Å². The van der Waals surface area contributed by atoms with E-state index in [2.05, 4.69) is 22.7 Å². The second kappa shape index (κ2) is 9.35. The Morgan fingerprint density at radius 1 is 1.11 bits per heavy atom. The molecule has 6 heteroatoms. The largest absolute Gasteiger partial charge is 0.309 e. The third-order valence-electron chi connectivity index (χ3n) is 4.12. The molecule has 0 aliphatic carbocycles. The van der Waals surface area contributed by atoms with Crippen molar-refractivity contribution < 1.29 is 4.79 Å². The number of rotatable bonds is 8. The molecule has 1 amide bonds. The molecule has 27 heavy (non-hydrogen) atoms. The molecular weight excluding hydrogens is 360 g/mol. The summed E-state index contributed by atoms with van der Waals surface area (Å²) >= 11 is 6.36. The Labute approximate surface area is 164 Å². The molecule has 0 saturated heterocycles. The Bertz CT molecular complexity index is 892. The smallest absolute Gasteiger partial charge is 0.239 e. The van der Waals surface area contributed by atoms with Crippen molar-refractivity contribution in [2.24, 2.45) is 0 Å². The third-order valence-corrected chi connectivity index (χ3v) is 4.44. The molecule has 0 unspecified atom stereocenters. The highest BCUT2D eigenvalue weighted by Crippen LogP contribution is 2.28. The number of unbranched alkanes of at least 4 members (excludes halogenated alkanes) is 1. The third kappa shape index (κ3) is 4.96. The van der Waals surface area contributed by atoms with Gasteiger partial charge in [-0.2, -0.15) is 5.10 Å². The molecule has 0 fully saturated rings. The highest BCUT2D eigenvalue weighted by Gasteiger charge is 2.15. The first kappa shape index (κ1) is 19.1. The Hall–Kier alpha value is -2.63. The van der Waals surface area contributed by atoms with E-state index in [0.29, 0.717) is 10.8 Å². The van der Waals surface area contributed by atoms with Crippen molar-refractivity contribution in [3.63, 3.8) is 0 Å². The number of hydrogen-bond donors (Lipinski definition) is 2. The number of halogens is 1. The zero-order valence-electron chi connectivity index (χ0n) is 15.3. The first-order chi connectivity index (χ1) is 13.2. The molecule has 3 aromatic rings. The zero-order chi connectivity index (χ0) is 19.1. The summed E-state index contributed by atoms with van der Waals surface area (Å²) in [6, 6.07) is 19.1. The van der Waals surface area contributed by atoms with Gasteiger partial charge in [-0.3, -0.25) is 4.79 Å². The van der Waals surface area contributed by atoms with Crippen LogP contribution < -0.4 is 10.6 Å². The van der Waals surface area contributed by atoms with Crippen molar-refractivity contribution >= 4 is 23.3 Å². The normalized spacial score (nSPS) is 10.7. The van der Waals surface area contributed by atoms with Crippen LogP contribution in [0.1, 0.15) is 19.8 Å². The van der Waals surface area contributed by atoms with E-state index in [-0.39, 0.29) is 12.5 Å². The van der Waals surface area contributed by atoms with Crippen LogP contribution in [0.2, 0.25) is 5.02 Å². The number of benzene rings is 2. The Kier molecular flexibility index (Phi) is 6.63. The lowest BCUT2D eigenvalue weighted by molar-refractivity contribution is -0.115. The van der Waals surface area contributed by atoms with Crippen LogP contribution in [0.15, 0.2) is 60.7 Å². The van der Waals surface area contributed by atoms with Crippen LogP contribution in [0.25, 0.3) is 16.9 Å². The van der Waals surface area contributed by atoms with E-state index in [1.54, 1.807) is 10.7 Å². The molecule has 0 bridgehead atoms. The number of carbonyl (C=O) groups is 1. The number of aromatic nitrogens is 2. The van der Waals surface area contributed by atoms with Gasteiger partial charge in [-0.25, -0.2) is 4.68 Å². The number of para-hydroxylation sites is 1. The van der Waals surface area contributed by atoms with Crippen molar-refractivity contribution in [1.82, 2.24) is 15.1 Å². The Morgan fingerprint density at radius 2 is 1.85 bits per heavy atom. The second-order valence-corrected chi connectivity index (χ2v) is 6.63. The molecule has 0 spiro atoms. The minimum atomic E-state index is -0.112. The first-order valence-electron chi connectivity index (χ1n) is 9.10. The van der Waals surface area contributed by atoms with E-state index in [1.807, 2.05) is 54.6 Å². The van der Waals surface area contributed by atoms with E-state index in [9.17, 15) is 4.79 Å². The molecule has 5 nitrogen and oxygen atoms in total. The maximum absolute atomic E-state index is 12.3. The van der Waals surface area contributed by atoms with E-state index in [0.717, 1.165) is 36.3 Å². The van der Waals surface area contributed by atoms with Crippen LogP contribution in [0.3, 0.4) is 0 Å². The van der Waals surface area contributed by atoms with Crippen LogP contribution in [0, 0.1) is 0 Å². The fraction of sp³-hybridized carbons (Fsp3) is 0.238. The summed E-state index contributed by atoms with van der Waals surface area (Å²) in [6.45, 7) is 3.20. The van der Waals surface area contributed by atoms with E-state index in [4.69, 9.17) is 11.6 Å². The molecule has 2 N–H and O–H groups in total. The number of nitrogens with zero attached hydrogens (tertiary/aromatic N) is 2. The minimum absolute atomic E-state index is 0.112. The first-order valence-corrected chi connectivity index (χ1v) is 9.48. The molecule has 140 valence electrons. The monoisotopic (exact) mass is 382 g/mol. The minimum Gasteiger partial charge on any atom is -0.309 e. The fourth-order valence-corrected chi connectivity index (χ4v) is 2.93.